The van der Waals surface area contributed by atoms with E-state index in [1.165, 1.54) is 19.2 Å². The van der Waals surface area contributed by atoms with Crippen molar-refractivity contribution in [3.05, 3.63) is 113 Å². The van der Waals surface area contributed by atoms with E-state index in [1.807, 2.05) is 30.3 Å². The van der Waals surface area contributed by atoms with Crippen LogP contribution in [0.2, 0.25) is 5.02 Å². The van der Waals surface area contributed by atoms with Crippen molar-refractivity contribution in [1.29, 1.82) is 0 Å². The SMILES string of the molecule is CNC(=O)c1c(-c2ccc(F)cc2)oc2ccc(-c3cc(C(=O)NC4(c5ccccn5)CC4)ccc3Cl)cc12. The van der Waals surface area contributed by atoms with Crippen molar-refractivity contribution in [3.63, 3.8) is 0 Å². The molecule has 0 atom stereocenters. The number of benzene rings is 3. The zero-order valence-corrected chi connectivity index (χ0v) is 21.7. The largest absolute Gasteiger partial charge is 0.455 e. The third-order valence-corrected chi connectivity index (χ3v) is 7.38. The summed E-state index contributed by atoms with van der Waals surface area (Å²) in [4.78, 5) is 30.6. The van der Waals surface area contributed by atoms with Gasteiger partial charge in [0.25, 0.3) is 11.8 Å². The summed E-state index contributed by atoms with van der Waals surface area (Å²) < 4.78 is 19.6. The molecule has 194 valence electrons. The van der Waals surface area contributed by atoms with Gasteiger partial charge < -0.3 is 15.1 Å². The molecule has 2 amide bonds. The first-order valence-corrected chi connectivity index (χ1v) is 12.8. The lowest BCUT2D eigenvalue weighted by Crippen LogP contribution is -2.35. The Kier molecular flexibility index (Phi) is 6.16. The van der Waals surface area contributed by atoms with Crippen LogP contribution < -0.4 is 10.6 Å². The monoisotopic (exact) mass is 539 g/mol. The fourth-order valence-corrected chi connectivity index (χ4v) is 5.04. The third-order valence-electron chi connectivity index (χ3n) is 7.05. The molecule has 3 aromatic carbocycles. The number of aromatic nitrogens is 1. The fraction of sp³-hybridized carbons (Fsp3) is 0.129. The molecule has 1 aliphatic rings. The van der Waals surface area contributed by atoms with E-state index in [9.17, 15) is 14.0 Å². The molecule has 1 saturated carbocycles. The van der Waals surface area contributed by atoms with Gasteiger partial charge in [-0.05, 0) is 85.1 Å². The Balaban J connectivity index is 1.39. The van der Waals surface area contributed by atoms with Crippen molar-refractivity contribution in [2.45, 2.75) is 18.4 Å². The molecule has 0 saturated heterocycles. The van der Waals surface area contributed by atoms with E-state index in [0.29, 0.717) is 49.6 Å². The highest BCUT2D eigenvalue weighted by atomic mass is 35.5. The molecule has 0 bridgehead atoms. The molecule has 2 aromatic heterocycles. The molecule has 0 unspecified atom stereocenters. The standard InChI is InChI=1S/C31H23ClFN3O3/c1-34-30(38)27-23-16-19(8-12-25(23)39-28(27)18-5-9-21(33)10-6-18)22-17-20(7-11-24(22)32)29(37)36-31(13-14-31)26-4-2-3-15-35-26/h2-12,15-17H,13-14H2,1H3,(H,34,38)(H,36,37). The molecule has 0 aliphatic heterocycles. The molecule has 5 aromatic rings. The van der Waals surface area contributed by atoms with Crippen LogP contribution in [0.3, 0.4) is 0 Å². The number of nitrogens with zero attached hydrogens (tertiary/aromatic N) is 1. The van der Waals surface area contributed by atoms with E-state index in [0.717, 1.165) is 18.5 Å². The maximum Gasteiger partial charge on any atom is 0.255 e. The number of halogens is 2. The van der Waals surface area contributed by atoms with Crippen molar-refractivity contribution >= 4 is 34.4 Å². The normalized spacial score (nSPS) is 13.7. The van der Waals surface area contributed by atoms with E-state index < -0.39 is 5.54 Å². The number of furan rings is 1. The van der Waals surface area contributed by atoms with Gasteiger partial charge in [-0.3, -0.25) is 14.6 Å². The van der Waals surface area contributed by atoms with Crippen LogP contribution in [-0.4, -0.2) is 23.8 Å². The van der Waals surface area contributed by atoms with Crippen LogP contribution in [0.4, 0.5) is 4.39 Å². The molecule has 6 rings (SSSR count). The number of hydrogen-bond acceptors (Lipinski definition) is 4. The molecule has 1 aliphatic carbocycles. The van der Waals surface area contributed by atoms with Crippen LogP contribution in [0, 0.1) is 5.82 Å². The molecule has 1 fully saturated rings. The van der Waals surface area contributed by atoms with Crippen molar-refractivity contribution in [2.24, 2.45) is 0 Å². The molecule has 0 radical (unpaired) electrons. The van der Waals surface area contributed by atoms with E-state index in [-0.39, 0.29) is 17.6 Å². The first-order valence-electron chi connectivity index (χ1n) is 12.5. The lowest BCUT2D eigenvalue weighted by Gasteiger charge is -2.17. The Bertz CT molecular complexity index is 1730. The lowest BCUT2D eigenvalue weighted by atomic mass is 9.98. The first-order chi connectivity index (χ1) is 18.9. The molecular weight excluding hydrogens is 517 g/mol. The van der Waals surface area contributed by atoms with Gasteiger partial charge in [0.2, 0.25) is 0 Å². The van der Waals surface area contributed by atoms with Crippen LogP contribution in [-0.2, 0) is 5.54 Å². The average molecular weight is 540 g/mol. The molecule has 0 spiro atoms. The van der Waals surface area contributed by atoms with Gasteiger partial charge >= 0.3 is 0 Å². The third kappa shape index (κ3) is 4.55. The summed E-state index contributed by atoms with van der Waals surface area (Å²) in [5.41, 5.74) is 3.61. The second kappa shape index (κ2) is 9.67. The molecule has 2 N–H and O–H groups in total. The highest BCUT2D eigenvalue weighted by molar-refractivity contribution is 6.33. The number of amides is 2. The van der Waals surface area contributed by atoms with Crippen LogP contribution in [0.25, 0.3) is 33.4 Å². The zero-order chi connectivity index (χ0) is 27.1. The zero-order valence-electron chi connectivity index (χ0n) is 20.9. The van der Waals surface area contributed by atoms with Gasteiger partial charge in [0.15, 0.2) is 0 Å². The number of nitrogens with one attached hydrogen (secondary N) is 2. The van der Waals surface area contributed by atoms with Gasteiger partial charge in [0.1, 0.15) is 17.2 Å². The number of hydrogen-bond donors (Lipinski definition) is 2. The minimum atomic E-state index is -0.451. The number of carbonyl (C=O) groups is 2. The Morgan fingerprint density at radius 2 is 1.72 bits per heavy atom. The lowest BCUT2D eigenvalue weighted by molar-refractivity contribution is 0.0928. The maximum atomic E-state index is 13.5. The summed E-state index contributed by atoms with van der Waals surface area (Å²) in [6, 6.07) is 22.0. The van der Waals surface area contributed by atoms with Crippen LogP contribution in [0.15, 0.2) is 89.5 Å². The molecule has 2 heterocycles. The second-order valence-electron chi connectivity index (χ2n) is 9.55. The fourth-order valence-electron chi connectivity index (χ4n) is 4.81. The van der Waals surface area contributed by atoms with Crippen molar-refractivity contribution in [3.8, 4) is 22.5 Å². The topological polar surface area (TPSA) is 84.2 Å². The minimum Gasteiger partial charge on any atom is -0.455 e. The maximum absolute atomic E-state index is 13.5. The summed E-state index contributed by atoms with van der Waals surface area (Å²) in [6.45, 7) is 0. The van der Waals surface area contributed by atoms with Gasteiger partial charge in [-0.2, -0.15) is 0 Å². The van der Waals surface area contributed by atoms with E-state index in [1.54, 1.807) is 42.6 Å². The Morgan fingerprint density at radius 3 is 2.41 bits per heavy atom. The first kappa shape index (κ1) is 24.8. The van der Waals surface area contributed by atoms with Gasteiger partial charge in [0, 0.05) is 40.3 Å². The Morgan fingerprint density at radius 1 is 0.949 bits per heavy atom. The van der Waals surface area contributed by atoms with E-state index >= 15 is 0 Å². The molecule has 6 nitrogen and oxygen atoms in total. The van der Waals surface area contributed by atoms with Crippen molar-refractivity contribution in [1.82, 2.24) is 15.6 Å². The molecule has 39 heavy (non-hydrogen) atoms. The number of pyridine rings is 1. The van der Waals surface area contributed by atoms with Gasteiger partial charge in [-0.25, -0.2) is 4.39 Å². The van der Waals surface area contributed by atoms with Crippen molar-refractivity contribution < 1.29 is 18.4 Å². The summed E-state index contributed by atoms with van der Waals surface area (Å²) in [7, 11) is 1.54. The summed E-state index contributed by atoms with van der Waals surface area (Å²) in [5, 5.41) is 6.84. The predicted molar refractivity (Wildman–Crippen MR) is 148 cm³/mol. The summed E-state index contributed by atoms with van der Waals surface area (Å²) in [6.07, 6.45) is 3.38. The number of fused-ring (bicyclic) bond motifs is 1. The summed E-state index contributed by atoms with van der Waals surface area (Å²) >= 11 is 6.59. The van der Waals surface area contributed by atoms with Crippen LogP contribution in [0.1, 0.15) is 39.3 Å². The Hall–Kier alpha value is -4.49. The molecular formula is C31H23ClFN3O3. The number of rotatable bonds is 6. The van der Waals surface area contributed by atoms with Gasteiger partial charge in [-0.1, -0.05) is 23.7 Å². The van der Waals surface area contributed by atoms with Crippen molar-refractivity contribution in [2.75, 3.05) is 7.05 Å². The Labute approximate surface area is 228 Å². The second-order valence-corrected chi connectivity index (χ2v) is 9.96. The quantitative estimate of drug-likeness (QED) is 0.250. The number of carbonyl (C=O) groups excluding carboxylic acids is 2. The highest BCUT2D eigenvalue weighted by Gasteiger charge is 2.47. The smallest absolute Gasteiger partial charge is 0.255 e. The molecule has 8 heteroatoms. The van der Waals surface area contributed by atoms with E-state index in [2.05, 4.69) is 15.6 Å². The highest BCUT2D eigenvalue weighted by Crippen LogP contribution is 2.45. The average Bonchev–Trinajstić information content (AvgIpc) is 3.65. The minimum absolute atomic E-state index is 0.217. The van der Waals surface area contributed by atoms with Gasteiger partial charge in [-0.15, -0.1) is 0 Å². The van der Waals surface area contributed by atoms with E-state index in [4.69, 9.17) is 16.0 Å². The summed E-state index contributed by atoms with van der Waals surface area (Å²) in [5.74, 6) is -0.603. The van der Waals surface area contributed by atoms with Crippen LogP contribution in [0.5, 0.6) is 0 Å². The predicted octanol–water partition coefficient (Wildman–Crippen LogP) is 6.73. The van der Waals surface area contributed by atoms with Gasteiger partial charge in [0.05, 0.1) is 16.8 Å². The van der Waals surface area contributed by atoms with Crippen LogP contribution >= 0.6 is 11.6 Å².